The van der Waals surface area contributed by atoms with Crippen molar-refractivity contribution in [1.82, 2.24) is 29.1 Å². The Morgan fingerprint density at radius 1 is 0.926 bits per heavy atom. The highest BCUT2D eigenvalue weighted by molar-refractivity contribution is 5.83. The number of aryl methyl sites for hydroxylation is 2. The number of anilines is 2. The zero-order valence-electron chi connectivity index (χ0n) is 15.0. The maximum absolute atomic E-state index is 4.74. The number of rotatable bonds is 3. The van der Waals surface area contributed by atoms with Gasteiger partial charge in [-0.15, -0.1) is 0 Å². The van der Waals surface area contributed by atoms with Gasteiger partial charge in [0.1, 0.15) is 18.0 Å². The second-order valence-corrected chi connectivity index (χ2v) is 6.41. The fourth-order valence-corrected chi connectivity index (χ4v) is 3.35. The molecule has 0 amide bonds. The molecule has 3 heterocycles. The summed E-state index contributed by atoms with van der Waals surface area (Å²) < 4.78 is 3.84. The molecule has 3 aromatic heterocycles. The molecular weight excluding hydrogens is 338 g/mol. The van der Waals surface area contributed by atoms with Gasteiger partial charge < -0.3 is 5.32 Å². The van der Waals surface area contributed by atoms with Crippen LogP contribution in [-0.2, 0) is 0 Å². The number of aromatic nitrogens is 6. The lowest BCUT2D eigenvalue weighted by molar-refractivity contribution is 0.937. The van der Waals surface area contributed by atoms with Gasteiger partial charge in [0, 0.05) is 23.1 Å². The number of nitrogens with zero attached hydrogens (tertiary/aromatic N) is 6. The van der Waals surface area contributed by atoms with Crippen molar-refractivity contribution >= 4 is 28.3 Å². The third-order valence-electron chi connectivity index (χ3n) is 4.49. The van der Waals surface area contributed by atoms with Gasteiger partial charge in [-0.25, -0.2) is 9.97 Å². The van der Waals surface area contributed by atoms with Crippen LogP contribution in [0.1, 0.15) is 11.5 Å². The molecule has 7 nitrogen and oxygen atoms in total. The molecule has 0 aliphatic carbocycles. The minimum Gasteiger partial charge on any atom is -0.340 e. The first-order valence-electron chi connectivity index (χ1n) is 8.68. The van der Waals surface area contributed by atoms with E-state index < -0.39 is 0 Å². The number of para-hydroxylation sites is 1. The van der Waals surface area contributed by atoms with Gasteiger partial charge in [-0.05, 0) is 44.2 Å². The summed E-state index contributed by atoms with van der Waals surface area (Å²) >= 11 is 0. The van der Waals surface area contributed by atoms with Crippen LogP contribution < -0.4 is 5.32 Å². The Kier molecular flexibility index (Phi) is 3.39. The molecular formula is C20H17N7. The molecule has 0 bridgehead atoms. The van der Waals surface area contributed by atoms with E-state index in [1.54, 1.807) is 4.52 Å². The number of hydrogen-bond acceptors (Lipinski definition) is 5. The molecule has 1 N–H and O–H groups in total. The Bertz CT molecular complexity index is 1270. The third kappa shape index (κ3) is 2.60. The van der Waals surface area contributed by atoms with Gasteiger partial charge >= 0.3 is 0 Å². The summed E-state index contributed by atoms with van der Waals surface area (Å²) in [5.74, 6) is 2.34. The second kappa shape index (κ2) is 5.91. The lowest BCUT2D eigenvalue weighted by Gasteiger charge is -2.09. The summed E-state index contributed by atoms with van der Waals surface area (Å²) in [6.07, 6.45) is 1.50. The first kappa shape index (κ1) is 15.5. The summed E-state index contributed by atoms with van der Waals surface area (Å²) in [7, 11) is 0. The minimum absolute atomic E-state index is 0.572. The average molecular weight is 355 g/mol. The van der Waals surface area contributed by atoms with Gasteiger partial charge in [-0.1, -0.05) is 18.2 Å². The van der Waals surface area contributed by atoms with Crippen LogP contribution in [0.3, 0.4) is 0 Å². The molecule has 132 valence electrons. The van der Waals surface area contributed by atoms with Crippen LogP contribution in [0, 0.1) is 13.8 Å². The lowest BCUT2D eigenvalue weighted by Crippen LogP contribution is -2.02. The van der Waals surface area contributed by atoms with Crippen molar-refractivity contribution in [1.29, 1.82) is 0 Å². The fourth-order valence-electron chi connectivity index (χ4n) is 3.35. The van der Waals surface area contributed by atoms with E-state index in [2.05, 4.69) is 43.1 Å². The molecule has 5 rings (SSSR count). The molecule has 0 radical (unpaired) electrons. The molecule has 27 heavy (non-hydrogen) atoms. The third-order valence-corrected chi connectivity index (χ3v) is 4.49. The van der Waals surface area contributed by atoms with Crippen molar-refractivity contribution in [2.24, 2.45) is 0 Å². The number of hydrogen-bond donors (Lipinski definition) is 1. The standard InChI is InChI=1S/C20H17N7/c1-13-10-19(27-20(23-13)21-12-22-27)25-15-8-9-18-17(11-15)24-14(2)26(18)16-6-4-3-5-7-16/h3-12,25H,1-2H3. The number of imidazole rings is 1. The molecule has 0 spiro atoms. The van der Waals surface area contributed by atoms with Gasteiger partial charge in [-0.2, -0.15) is 14.6 Å². The monoisotopic (exact) mass is 355 g/mol. The average Bonchev–Trinajstić information content (AvgIpc) is 3.25. The van der Waals surface area contributed by atoms with E-state index in [0.717, 1.165) is 39.7 Å². The van der Waals surface area contributed by atoms with E-state index in [9.17, 15) is 0 Å². The number of fused-ring (bicyclic) bond motifs is 2. The largest absolute Gasteiger partial charge is 0.340 e. The second-order valence-electron chi connectivity index (χ2n) is 6.41. The number of benzene rings is 2. The van der Waals surface area contributed by atoms with E-state index in [-0.39, 0.29) is 0 Å². The van der Waals surface area contributed by atoms with Crippen LogP contribution in [0.25, 0.3) is 22.5 Å². The van der Waals surface area contributed by atoms with Gasteiger partial charge in [0.25, 0.3) is 5.78 Å². The molecule has 0 saturated heterocycles. The highest BCUT2D eigenvalue weighted by Crippen LogP contribution is 2.26. The van der Waals surface area contributed by atoms with Gasteiger partial charge in [0.05, 0.1) is 11.0 Å². The van der Waals surface area contributed by atoms with E-state index in [1.807, 2.05) is 50.2 Å². The van der Waals surface area contributed by atoms with Crippen LogP contribution in [0.5, 0.6) is 0 Å². The Labute approximate surface area is 155 Å². The normalized spacial score (nSPS) is 11.3. The summed E-state index contributed by atoms with van der Waals surface area (Å²) in [6.45, 7) is 3.96. The van der Waals surface area contributed by atoms with Gasteiger partial charge in [0.2, 0.25) is 0 Å². The van der Waals surface area contributed by atoms with Crippen molar-refractivity contribution in [3.8, 4) is 5.69 Å². The van der Waals surface area contributed by atoms with E-state index in [1.165, 1.54) is 6.33 Å². The smallest absolute Gasteiger partial charge is 0.254 e. The van der Waals surface area contributed by atoms with Crippen molar-refractivity contribution in [3.63, 3.8) is 0 Å². The van der Waals surface area contributed by atoms with Crippen LogP contribution in [-0.4, -0.2) is 29.1 Å². The summed E-state index contributed by atoms with van der Waals surface area (Å²) in [4.78, 5) is 13.3. The van der Waals surface area contributed by atoms with Gasteiger partial charge in [-0.3, -0.25) is 4.57 Å². The zero-order chi connectivity index (χ0) is 18.4. The van der Waals surface area contributed by atoms with Crippen molar-refractivity contribution in [2.45, 2.75) is 13.8 Å². The van der Waals surface area contributed by atoms with Crippen LogP contribution in [0.2, 0.25) is 0 Å². The van der Waals surface area contributed by atoms with Crippen LogP contribution in [0.15, 0.2) is 60.9 Å². The highest BCUT2D eigenvalue weighted by Gasteiger charge is 2.11. The highest BCUT2D eigenvalue weighted by atomic mass is 15.3. The van der Waals surface area contributed by atoms with Crippen molar-refractivity contribution in [3.05, 3.63) is 72.4 Å². The fraction of sp³-hybridized carbons (Fsp3) is 0.100. The van der Waals surface area contributed by atoms with Crippen molar-refractivity contribution < 1.29 is 0 Å². The predicted octanol–water partition coefficient (Wildman–Crippen LogP) is 3.82. The van der Waals surface area contributed by atoms with Crippen LogP contribution in [0.4, 0.5) is 11.5 Å². The van der Waals surface area contributed by atoms with Gasteiger partial charge in [0.15, 0.2) is 0 Å². The molecule has 0 aliphatic heterocycles. The Balaban J connectivity index is 1.59. The number of nitrogens with one attached hydrogen (secondary N) is 1. The summed E-state index contributed by atoms with van der Waals surface area (Å²) in [6, 6.07) is 18.4. The Morgan fingerprint density at radius 3 is 2.63 bits per heavy atom. The topological polar surface area (TPSA) is 72.9 Å². The quantitative estimate of drug-likeness (QED) is 0.532. The Hall–Kier alpha value is -3.74. The predicted molar refractivity (Wildman–Crippen MR) is 105 cm³/mol. The molecule has 0 unspecified atom stereocenters. The molecule has 2 aromatic carbocycles. The zero-order valence-corrected chi connectivity index (χ0v) is 15.0. The van der Waals surface area contributed by atoms with Crippen molar-refractivity contribution in [2.75, 3.05) is 5.32 Å². The van der Waals surface area contributed by atoms with E-state index >= 15 is 0 Å². The summed E-state index contributed by atoms with van der Waals surface area (Å²) in [5, 5.41) is 7.64. The maximum Gasteiger partial charge on any atom is 0.254 e. The maximum atomic E-state index is 4.74. The first-order valence-corrected chi connectivity index (χ1v) is 8.68. The van der Waals surface area contributed by atoms with E-state index in [0.29, 0.717) is 5.78 Å². The SMILES string of the molecule is Cc1cc(Nc2ccc3c(c2)nc(C)n3-c2ccccc2)n2ncnc2n1. The summed E-state index contributed by atoms with van der Waals surface area (Å²) in [5.41, 5.74) is 4.92. The van der Waals surface area contributed by atoms with Crippen LogP contribution >= 0.6 is 0 Å². The van der Waals surface area contributed by atoms with E-state index in [4.69, 9.17) is 4.98 Å². The first-order chi connectivity index (χ1) is 13.2. The molecule has 0 atom stereocenters. The minimum atomic E-state index is 0.572. The molecule has 0 fully saturated rings. The molecule has 5 aromatic rings. The molecule has 7 heteroatoms. The lowest BCUT2D eigenvalue weighted by atomic mass is 10.2. The molecule has 0 aliphatic rings. The Morgan fingerprint density at radius 2 is 1.78 bits per heavy atom. The molecule has 0 saturated carbocycles.